The van der Waals surface area contributed by atoms with Crippen molar-refractivity contribution in [3.8, 4) is 0 Å². The molecule has 2 atom stereocenters. The van der Waals surface area contributed by atoms with Gasteiger partial charge in [0, 0.05) is 12.6 Å². The van der Waals surface area contributed by atoms with Gasteiger partial charge in [-0.25, -0.2) is 4.79 Å². The molecular weight excluding hydrogens is 643 g/mol. The molecule has 0 fully saturated rings. The minimum absolute atomic E-state index is 0.0579. The van der Waals surface area contributed by atoms with E-state index < -0.39 is 84.0 Å². The van der Waals surface area contributed by atoms with Gasteiger partial charge in [-0.15, -0.1) is 5.10 Å². The first-order chi connectivity index (χ1) is 21.3. The van der Waals surface area contributed by atoms with Gasteiger partial charge in [-0.1, -0.05) is 12.0 Å². The van der Waals surface area contributed by atoms with E-state index in [4.69, 9.17) is 9.84 Å². The Morgan fingerprint density at radius 3 is 2.07 bits per heavy atom. The number of nitrogens with zero attached hydrogens (tertiary/aromatic N) is 6. The predicted octanol–water partition coefficient (Wildman–Crippen LogP) is 6.71. The van der Waals surface area contributed by atoms with Crippen molar-refractivity contribution < 1.29 is 58.9 Å². The van der Waals surface area contributed by atoms with Crippen molar-refractivity contribution in [2.45, 2.75) is 70.4 Å². The Labute approximate surface area is 254 Å². The lowest BCUT2D eigenvalue weighted by atomic mass is 9.87. The van der Waals surface area contributed by atoms with Crippen molar-refractivity contribution in [2.75, 3.05) is 16.4 Å². The first-order valence-corrected chi connectivity index (χ1v) is 13.5. The summed E-state index contributed by atoms with van der Waals surface area (Å²) in [4.78, 5) is 26.9. The number of rotatable bonds is 8. The summed E-state index contributed by atoms with van der Waals surface area (Å²) in [5, 5.41) is 20.3. The van der Waals surface area contributed by atoms with Crippen LogP contribution in [0.25, 0.3) is 0 Å². The van der Waals surface area contributed by atoms with Crippen LogP contribution in [0.5, 0.6) is 0 Å². The second kappa shape index (κ2) is 12.7. The molecule has 1 aliphatic heterocycles. The summed E-state index contributed by atoms with van der Waals surface area (Å²) in [6.45, 7) is 1.43. The zero-order valence-corrected chi connectivity index (χ0v) is 23.9. The number of benzene rings is 2. The SMILES string of the molecule is CCOC(=O)N1c2ccc(C(F)(F)F)cc2[C@@H](N(Cc2cc(C(F)(F)F)cc(C(F)(F)F)c2)c2nnn(CC(=O)O)n2)C[C@H]1CC. The van der Waals surface area contributed by atoms with Gasteiger partial charge in [0.1, 0.15) is 0 Å². The molecule has 0 saturated carbocycles. The third-order valence-electron chi connectivity index (χ3n) is 7.12. The van der Waals surface area contributed by atoms with Gasteiger partial charge in [0.15, 0.2) is 6.54 Å². The number of fused-ring (bicyclic) bond motifs is 1. The first kappa shape index (κ1) is 34.3. The number of aliphatic carboxylic acids is 1. The number of hydrogen-bond donors (Lipinski definition) is 1. The molecule has 0 radical (unpaired) electrons. The summed E-state index contributed by atoms with van der Waals surface area (Å²) in [7, 11) is 0. The number of tetrazole rings is 1. The highest BCUT2D eigenvalue weighted by molar-refractivity contribution is 5.90. The number of amides is 1. The normalized spacial score (nSPS) is 17.1. The summed E-state index contributed by atoms with van der Waals surface area (Å²) in [5.41, 5.74) is -5.24. The van der Waals surface area contributed by atoms with E-state index in [1.54, 1.807) is 6.92 Å². The topological polar surface area (TPSA) is 114 Å². The lowest BCUT2D eigenvalue weighted by molar-refractivity contribution is -0.143. The molecule has 0 bridgehead atoms. The van der Waals surface area contributed by atoms with Crippen LogP contribution in [0, 0.1) is 0 Å². The van der Waals surface area contributed by atoms with E-state index in [-0.39, 0.29) is 36.8 Å². The molecule has 0 spiro atoms. The monoisotopic (exact) mass is 668 g/mol. The Morgan fingerprint density at radius 1 is 0.935 bits per heavy atom. The Hall–Kier alpha value is -4.58. The van der Waals surface area contributed by atoms with Crippen LogP contribution in [-0.4, -0.2) is 50.0 Å². The Balaban J connectivity index is 1.96. The molecular formula is C27H25F9N6O4. The summed E-state index contributed by atoms with van der Waals surface area (Å²) in [5.74, 6) is -1.92. The van der Waals surface area contributed by atoms with Gasteiger partial charge < -0.3 is 14.7 Å². The maximum atomic E-state index is 13.9. The van der Waals surface area contributed by atoms with Crippen molar-refractivity contribution >= 4 is 23.7 Å². The van der Waals surface area contributed by atoms with Crippen LogP contribution in [0.1, 0.15) is 60.5 Å². The van der Waals surface area contributed by atoms with E-state index >= 15 is 0 Å². The van der Waals surface area contributed by atoms with Crippen molar-refractivity contribution in [1.29, 1.82) is 0 Å². The molecule has 46 heavy (non-hydrogen) atoms. The Morgan fingerprint density at radius 2 is 1.54 bits per heavy atom. The van der Waals surface area contributed by atoms with Crippen LogP contribution in [0.15, 0.2) is 36.4 Å². The maximum Gasteiger partial charge on any atom is 0.416 e. The van der Waals surface area contributed by atoms with E-state index in [1.807, 2.05) is 0 Å². The van der Waals surface area contributed by atoms with Gasteiger partial charge in [0.2, 0.25) is 0 Å². The molecule has 10 nitrogen and oxygen atoms in total. The van der Waals surface area contributed by atoms with Crippen molar-refractivity contribution in [3.05, 3.63) is 64.2 Å². The molecule has 1 aromatic heterocycles. The number of carbonyl (C=O) groups is 2. The highest BCUT2D eigenvalue weighted by atomic mass is 19.4. The van der Waals surface area contributed by atoms with Crippen molar-refractivity contribution in [2.24, 2.45) is 0 Å². The van der Waals surface area contributed by atoms with Gasteiger partial charge in [-0.05, 0) is 72.5 Å². The molecule has 2 heterocycles. The lowest BCUT2D eigenvalue weighted by Gasteiger charge is -2.43. The zero-order valence-electron chi connectivity index (χ0n) is 23.9. The Bertz CT molecular complexity index is 1560. The first-order valence-electron chi connectivity index (χ1n) is 13.5. The zero-order chi connectivity index (χ0) is 34.2. The average Bonchev–Trinajstić information content (AvgIpc) is 3.40. The summed E-state index contributed by atoms with van der Waals surface area (Å²) < 4.78 is 129. The molecule has 0 aliphatic carbocycles. The molecule has 3 aromatic rings. The van der Waals surface area contributed by atoms with Crippen LogP contribution in [-0.2, 0) is 41.1 Å². The molecule has 19 heteroatoms. The van der Waals surface area contributed by atoms with Crippen molar-refractivity contribution in [3.63, 3.8) is 0 Å². The molecule has 0 saturated heterocycles. The number of carboxylic acid groups (broad SMARTS) is 1. The summed E-state index contributed by atoms with van der Waals surface area (Å²) in [6, 6.07) is 1.18. The van der Waals surface area contributed by atoms with E-state index in [0.717, 1.165) is 15.9 Å². The van der Waals surface area contributed by atoms with E-state index in [0.29, 0.717) is 29.1 Å². The smallest absolute Gasteiger partial charge is 0.416 e. The molecule has 1 N–H and O–H groups in total. The standard InChI is InChI=1S/C27H25F9N6O4/c1-3-18-11-21(19-10-15(25(28,29)30)5-6-20(19)42(18)24(45)46-4-2)40(23-37-39-41(38-23)13-22(43)44)12-14-7-16(26(31,32)33)9-17(8-14)27(34,35)36/h5-10,18,21H,3-4,11-13H2,1-2H3,(H,43,44)/t18-,21+/m1/s1. The fraction of sp³-hybridized carbons (Fsp3) is 0.444. The third kappa shape index (κ3) is 7.44. The number of aromatic nitrogens is 4. The number of anilines is 2. The highest BCUT2D eigenvalue weighted by Crippen LogP contribution is 2.46. The van der Waals surface area contributed by atoms with Gasteiger partial charge in [-0.3, -0.25) is 9.69 Å². The van der Waals surface area contributed by atoms with E-state index in [2.05, 4.69) is 15.4 Å². The molecule has 1 aliphatic rings. The Kier molecular flexibility index (Phi) is 9.44. The van der Waals surface area contributed by atoms with Crippen LogP contribution in [0.2, 0.25) is 0 Å². The molecule has 0 unspecified atom stereocenters. The van der Waals surface area contributed by atoms with Gasteiger partial charge in [0.25, 0.3) is 5.95 Å². The molecule has 1 amide bonds. The average molecular weight is 669 g/mol. The van der Waals surface area contributed by atoms with Gasteiger partial charge in [-0.2, -0.15) is 44.3 Å². The van der Waals surface area contributed by atoms with E-state index in [9.17, 15) is 49.1 Å². The largest absolute Gasteiger partial charge is 0.480 e. The maximum absolute atomic E-state index is 13.9. The minimum Gasteiger partial charge on any atom is -0.480 e. The quantitative estimate of drug-likeness (QED) is 0.264. The lowest BCUT2D eigenvalue weighted by Crippen LogP contribution is -2.48. The third-order valence-corrected chi connectivity index (χ3v) is 7.12. The number of halogens is 9. The van der Waals surface area contributed by atoms with Crippen LogP contribution in [0.4, 0.5) is 55.9 Å². The number of ether oxygens (including phenoxy) is 1. The predicted molar refractivity (Wildman–Crippen MR) is 140 cm³/mol. The fourth-order valence-electron chi connectivity index (χ4n) is 5.15. The summed E-state index contributed by atoms with van der Waals surface area (Å²) >= 11 is 0. The second-order valence-corrected chi connectivity index (χ2v) is 10.2. The minimum atomic E-state index is -5.20. The number of carboxylic acids is 1. The van der Waals surface area contributed by atoms with Crippen LogP contribution >= 0.6 is 0 Å². The number of carbonyl (C=O) groups excluding carboxylic acids is 1. The summed E-state index contributed by atoms with van der Waals surface area (Å²) in [6.07, 6.45) is -16.2. The molecule has 250 valence electrons. The highest BCUT2D eigenvalue weighted by Gasteiger charge is 2.43. The van der Waals surface area contributed by atoms with Crippen LogP contribution in [0.3, 0.4) is 0 Å². The second-order valence-electron chi connectivity index (χ2n) is 10.2. The van der Waals surface area contributed by atoms with Gasteiger partial charge >= 0.3 is 30.6 Å². The number of alkyl halides is 9. The molecule has 4 rings (SSSR count). The van der Waals surface area contributed by atoms with E-state index in [1.165, 1.54) is 6.92 Å². The number of hydrogen-bond acceptors (Lipinski definition) is 7. The van der Waals surface area contributed by atoms with Gasteiger partial charge in [0.05, 0.1) is 35.0 Å². The van der Waals surface area contributed by atoms with Crippen molar-refractivity contribution in [1.82, 2.24) is 20.2 Å². The molecule has 2 aromatic carbocycles. The van der Waals surface area contributed by atoms with Crippen LogP contribution < -0.4 is 9.80 Å². The fourth-order valence-corrected chi connectivity index (χ4v) is 5.15.